The van der Waals surface area contributed by atoms with E-state index in [-0.39, 0.29) is 17.8 Å². The van der Waals surface area contributed by atoms with Crippen molar-refractivity contribution in [2.45, 2.75) is 19.4 Å². The highest BCUT2D eigenvalue weighted by atomic mass is 19.1. The molecule has 25 heavy (non-hydrogen) atoms. The van der Waals surface area contributed by atoms with Crippen molar-refractivity contribution in [3.05, 3.63) is 77.6 Å². The third-order valence-corrected chi connectivity index (χ3v) is 4.74. The third kappa shape index (κ3) is 2.69. The summed E-state index contributed by atoms with van der Waals surface area (Å²) in [4.78, 5) is 15.0. The molecule has 0 radical (unpaired) electrons. The molecule has 0 aliphatic carbocycles. The van der Waals surface area contributed by atoms with Gasteiger partial charge in [-0.2, -0.15) is 0 Å². The van der Waals surface area contributed by atoms with Crippen LogP contribution in [0.15, 0.2) is 55.1 Å². The van der Waals surface area contributed by atoms with E-state index in [9.17, 15) is 9.18 Å². The van der Waals surface area contributed by atoms with Gasteiger partial charge in [0, 0.05) is 6.54 Å². The molecule has 2 heterocycles. The van der Waals surface area contributed by atoms with Crippen LogP contribution in [0.1, 0.15) is 34.5 Å². The quantitative estimate of drug-likeness (QED) is 0.722. The van der Waals surface area contributed by atoms with Crippen LogP contribution in [0.2, 0.25) is 0 Å². The maximum atomic E-state index is 13.6. The summed E-state index contributed by atoms with van der Waals surface area (Å²) in [6.07, 6.45) is 3.85. The Hall–Kier alpha value is -3.02. The first-order valence-corrected chi connectivity index (χ1v) is 8.18. The zero-order valence-corrected chi connectivity index (χ0v) is 13.8. The predicted octanol–water partition coefficient (Wildman–Crippen LogP) is 3.17. The normalized spacial score (nSPS) is 16.6. The Morgan fingerprint density at radius 3 is 2.72 bits per heavy atom. The number of carbonyl (C=O) groups excluding carboxylic acids is 1. The summed E-state index contributed by atoms with van der Waals surface area (Å²) in [6.45, 7) is 2.55. The Kier molecular flexibility index (Phi) is 3.80. The van der Waals surface area contributed by atoms with Gasteiger partial charge < -0.3 is 4.90 Å². The first-order valence-electron chi connectivity index (χ1n) is 8.18. The van der Waals surface area contributed by atoms with Gasteiger partial charge in [0.2, 0.25) is 0 Å². The molecular weight excluding hydrogens is 319 g/mol. The van der Waals surface area contributed by atoms with Crippen molar-refractivity contribution in [3.8, 4) is 5.69 Å². The lowest BCUT2D eigenvalue weighted by atomic mass is 9.92. The molecule has 6 heteroatoms. The number of fused-ring (bicyclic) bond motifs is 1. The smallest absolute Gasteiger partial charge is 0.256 e. The molecular formula is C19H17FN4O. The van der Waals surface area contributed by atoms with Crippen LogP contribution in [0.3, 0.4) is 0 Å². The van der Waals surface area contributed by atoms with Gasteiger partial charge in [0.25, 0.3) is 5.91 Å². The molecule has 0 fully saturated rings. The predicted molar refractivity (Wildman–Crippen MR) is 90.9 cm³/mol. The average Bonchev–Trinajstić information content (AvgIpc) is 3.16. The molecule has 0 bridgehead atoms. The fraction of sp³-hybridized carbons (Fsp3) is 0.211. The molecule has 0 N–H and O–H groups in total. The number of amides is 1. The van der Waals surface area contributed by atoms with Crippen molar-refractivity contribution < 1.29 is 9.18 Å². The lowest BCUT2D eigenvalue weighted by Crippen LogP contribution is -2.39. The van der Waals surface area contributed by atoms with E-state index in [1.165, 1.54) is 12.1 Å². The van der Waals surface area contributed by atoms with Crippen molar-refractivity contribution in [1.82, 2.24) is 19.7 Å². The van der Waals surface area contributed by atoms with Crippen molar-refractivity contribution in [1.29, 1.82) is 0 Å². The molecule has 0 saturated heterocycles. The minimum absolute atomic E-state index is 0.0771. The lowest BCUT2D eigenvalue weighted by Gasteiger charge is -2.35. The van der Waals surface area contributed by atoms with Crippen molar-refractivity contribution in [2.75, 3.05) is 6.54 Å². The number of para-hydroxylation sites is 1. The molecule has 3 aromatic rings. The standard InChI is InChI=1S/C19H17FN4O/c1-13-17-10-15(20)7-6-14(17)8-9-24(13)19(25)16-4-2-3-5-18(16)23-11-21-22-12-23/h2-7,10-13H,8-9H2,1H3/t13-/m0/s1. The van der Waals surface area contributed by atoms with E-state index in [4.69, 9.17) is 0 Å². The van der Waals surface area contributed by atoms with Crippen LogP contribution in [-0.4, -0.2) is 32.1 Å². The second kappa shape index (κ2) is 6.12. The molecule has 2 aromatic carbocycles. The summed E-state index contributed by atoms with van der Waals surface area (Å²) >= 11 is 0. The zero-order chi connectivity index (χ0) is 17.4. The first-order chi connectivity index (χ1) is 12.1. The summed E-state index contributed by atoms with van der Waals surface area (Å²) in [5.41, 5.74) is 3.29. The van der Waals surface area contributed by atoms with Crippen molar-refractivity contribution in [3.63, 3.8) is 0 Å². The minimum Gasteiger partial charge on any atom is -0.331 e. The van der Waals surface area contributed by atoms with E-state index in [0.717, 1.165) is 23.2 Å². The van der Waals surface area contributed by atoms with Gasteiger partial charge >= 0.3 is 0 Å². The fourth-order valence-electron chi connectivity index (χ4n) is 3.42. The topological polar surface area (TPSA) is 51.0 Å². The Balaban J connectivity index is 1.71. The third-order valence-electron chi connectivity index (χ3n) is 4.74. The second-order valence-corrected chi connectivity index (χ2v) is 6.15. The molecule has 0 saturated carbocycles. The van der Waals surface area contributed by atoms with E-state index in [1.54, 1.807) is 28.2 Å². The van der Waals surface area contributed by atoms with E-state index in [2.05, 4.69) is 10.2 Å². The SMILES string of the molecule is C[C@H]1c2cc(F)ccc2CCN1C(=O)c1ccccc1-n1cnnc1. The van der Waals surface area contributed by atoms with Gasteiger partial charge in [-0.25, -0.2) is 4.39 Å². The second-order valence-electron chi connectivity index (χ2n) is 6.15. The summed E-state index contributed by atoms with van der Waals surface area (Å²) in [5.74, 6) is -0.350. The van der Waals surface area contributed by atoms with E-state index < -0.39 is 0 Å². The molecule has 1 aliphatic heterocycles. The number of hydrogen-bond acceptors (Lipinski definition) is 3. The van der Waals surface area contributed by atoms with Gasteiger partial charge in [-0.1, -0.05) is 18.2 Å². The molecule has 126 valence electrons. The molecule has 1 amide bonds. The van der Waals surface area contributed by atoms with E-state index in [0.29, 0.717) is 12.1 Å². The van der Waals surface area contributed by atoms with E-state index in [1.807, 2.05) is 31.2 Å². The molecule has 0 spiro atoms. The number of rotatable bonds is 2. The molecule has 0 unspecified atom stereocenters. The Morgan fingerprint density at radius 2 is 1.92 bits per heavy atom. The van der Waals surface area contributed by atoms with Gasteiger partial charge in [-0.05, 0) is 48.7 Å². The monoisotopic (exact) mass is 336 g/mol. The van der Waals surface area contributed by atoms with Crippen molar-refractivity contribution in [2.24, 2.45) is 0 Å². The first kappa shape index (κ1) is 15.5. The van der Waals surface area contributed by atoms with Gasteiger partial charge in [0.05, 0.1) is 17.3 Å². The van der Waals surface area contributed by atoms with Crippen LogP contribution in [0.5, 0.6) is 0 Å². The van der Waals surface area contributed by atoms with Crippen molar-refractivity contribution >= 4 is 5.91 Å². The lowest BCUT2D eigenvalue weighted by molar-refractivity contribution is 0.0677. The van der Waals surface area contributed by atoms with Crippen LogP contribution in [0, 0.1) is 5.82 Å². The number of carbonyl (C=O) groups is 1. The van der Waals surface area contributed by atoms with Gasteiger partial charge in [-0.15, -0.1) is 10.2 Å². The number of nitrogens with zero attached hydrogens (tertiary/aromatic N) is 4. The summed E-state index contributed by atoms with van der Waals surface area (Å²) in [7, 11) is 0. The average molecular weight is 336 g/mol. The number of halogens is 1. The van der Waals surface area contributed by atoms with Gasteiger partial charge in [-0.3, -0.25) is 9.36 Å². The van der Waals surface area contributed by atoms with Crippen LogP contribution in [-0.2, 0) is 6.42 Å². The summed E-state index contributed by atoms with van der Waals surface area (Å²) < 4.78 is 15.4. The molecule has 1 aliphatic rings. The minimum atomic E-state index is -0.273. The van der Waals surface area contributed by atoms with Crippen LogP contribution >= 0.6 is 0 Å². The summed E-state index contributed by atoms with van der Waals surface area (Å²) in [5, 5.41) is 7.62. The maximum absolute atomic E-state index is 13.6. The molecule has 5 nitrogen and oxygen atoms in total. The Labute approximate surface area is 144 Å². The largest absolute Gasteiger partial charge is 0.331 e. The number of aromatic nitrogens is 3. The molecule has 1 atom stereocenters. The summed E-state index contributed by atoms with van der Waals surface area (Å²) in [6, 6.07) is 12.0. The van der Waals surface area contributed by atoms with Crippen LogP contribution in [0.25, 0.3) is 5.69 Å². The molecule has 1 aromatic heterocycles. The van der Waals surface area contributed by atoms with E-state index >= 15 is 0 Å². The Morgan fingerprint density at radius 1 is 1.16 bits per heavy atom. The number of hydrogen-bond donors (Lipinski definition) is 0. The van der Waals surface area contributed by atoms with Gasteiger partial charge in [0.15, 0.2) is 0 Å². The fourth-order valence-corrected chi connectivity index (χ4v) is 3.42. The zero-order valence-electron chi connectivity index (χ0n) is 13.8. The van der Waals surface area contributed by atoms with Crippen LogP contribution in [0.4, 0.5) is 4.39 Å². The highest BCUT2D eigenvalue weighted by molar-refractivity contribution is 5.98. The van der Waals surface area contributed by atoms with Gasteiger partial charge in [0.1, 0.15) is 18.5 Å². The number of benzene rings is 2. The van der Waals surface area contributed by atoms with Crippen LogP contribution < -0.4 is 0 Å². The highest BCUT2D eigenvalue weighted by Crippen LogP contribution is 2.31. The maximum Gasteiger partial charge on any atom is 0.256 e. The highest BCUT2D eigenvalue weighted by Gasteiger charge is 2.29. The Bertz CT molecular complexity index is 923. The molecule has 4 rings (SSSR count).